The highest BCUT2D eigenvalue weighted by molar-refractivity contribution is 5.85. The van der Waals surface area contributed by atoms with Gasteiger partial charge in [0.1, 0.15) is 0 Å². The van der Waals surface area contributed by atoms with Crippen LogP contribution in [0.5, 0.6) is 0 Å². The summed E-state index contributed by atoms with van der Waals surface area (Å²) < 4.78 is 5.15. The number of ether oxygens (including phenoxy) is 1. The van der Waals surface area contributed by atoms with Crippen LogP contribution in [0.4, 0.5) is 0 Å². The lowest BCUT2D eigenvalue weighted by molar-refractivity contribution is 0.208. The van der Waals surface area contributed by atoms with Crippen molar-refractivity contribution in [1.29, 1.82) is 0 Å². The molecule has 2 aromatic rings. The van der Waals surface area contributed by atoms with Crippen molar-refractivity contribution in [1.82, 2.24) is 0 Å². The van der Waals surface area contributed by atoms with E-state index in [1.165, 1.54) is 22.3 Å². The fourth-order valence-corrected chi connectivity index (χ4v) is 2.07. The summed E-state index contributed by atoms with van der Waals surface area (Å²) in [5.41, 5.74) is 1.38. The Labute approximate surface area is 97.1 Å². The van der Waals surface area contributed by atoms with Crippen LogP contribution in [-0.2, 0) is 11.2 Å². The van der Waals surface area contributed by atoms with Gasteiger partial charge in [0.05, 0.1) is 6.61 Å². The summed E-state index contributed by atoms with van der Waals surface area (Å²) in [7, 11) is 1.74. The summed E-state index contributed by atoms with van der Waals surface area (Å²) >= 11 is 0. The van der Waals surface area contributed by atoms with Crippen molar-refractivity contribution in [2.75, 3.05) is 13.7 Å². The first-order valence-electron chi connectivity index (χ1n) is 5.58. The lowest BCUT2D eigenvalue weighted by atomic mass is 9.96. The highest BCUT2D eigenvalue weighted by Crippen LogP contribution is 2.21. The van der Waals surface area contributed by atoms with Gasteiger partial charge in [-0.05, 0) is 22.8 Å². The average molecular weight is 213 g/mol. The van der Waals surface area contributed by atoms with Gasteiger partial charge in [0.15, 0.2) is 0 Å². The molecule has 0 aliphatic rings. The Morgan fingerprint density at radius 3 is 2.62 bits per heavy atom. The molecule has 2 aromatic carbocycles. The maximum absolute atomic E-state index is 5.15. The summed E-state index contributed by atoms with van der Waals surface area (Å²) in [5.74, 6) is 1.36. The molecule has 2 rings (SSSR count). The Morgan fingerprint density at radius 1 is 1.06 bits per heavy atom. The fourth-order valence-electron chi connectivity index (χ4n) is 2.07. The monoisotopic (exact) mass is 213 g/mol. The lowest BCUT2D eigenvalue weighted by Gasteiger charge is -2.11. The van der Waals surface area contributed by atoms with Crippen molar-refractivity contribution in [3.8, 4) is 0 Å². The van der Waals surface area contributed by atoms with Crippen LogP contribution in [0.2, 0.25) is 0 Å². The van der Waals surface area contributed by atoms with Gasteiger partial charge in [0.25, 0.3) is 0 Å². The van der Waals surface area contributed by atoms with Crippen LogP contribution >= 0.6 is 0 Å². The minimum absolute atomic E-state index is 0.739. The molecule has 0 spiro atoms. The second-order valence-electron chi connectivity index (χ2n) is 4.21. The molecule has 0 atom stereocenters. The van der Waals surface area contributed by atoms with E-state index in [2.05, 4.69) is 49.4 Å². The van der Waals surface area contributed by atoms with Gasteiger partial charge in [-0.3, -0.25) is 0 Å². The molecule has 0 saturated carbocycles. The molecule has 0 aromatic heterocycles. The molecule has 16 heavy (non-hydrogen) atoms. The molecule has 1 heteroatoms. The Balaban J connectivity index is 2.30. The van der Waals surface area contributed by atoms with E-state index in [1.54, 1.807) is 7.11 Å². The molecule has 1 nitrogen and oxygen atoms in total. The average Bonchev–Trinajstić information content (AvgIpc) is 2.30. The van der Waals surface area contributed by atoms with Gasteiger partial charge >= 0.3 is 0 Å². The van der Waals surface area contributed by atoms with Crippen LogP contribution in [0.15, 0.2) is 42.5 Å². The third-order valence-electron chi connectivity index (χ3n) is 2.76. The van der Waals surface area contributed by atoms with Crippen LogP contribution < -0.4 is 0 Å². The fraction of sp³-hybridized carbons (Fsp3) is 0.267. The number of fused-ring (bicyclic) bond motifs is 1. The quantitative estimate of drug-likeness (QED) is 0.753. The van der Waals surface area contributed by atoms with Gasteiger partial charge in [0, 0.05) is 13.0 Å². The normalized spacial score (nSPS) is 11.2. The predicted molar refractivity (Wildman–Crippen MR) is 68.4 cm³/mol. The van der Waals surface area contributed by atoms with E-state index in [1.807, 2.05) is 0 Å². The van der Waals surface area contributed by atoms with Gasteiger partial charge in [-0.15, -0.1) is 0 Å². The van der Waals surface area contributed by atoms with E-state index in [0.717, 1.165) is 13.0 Å². The zero-order valence-electron chi connectivity index (χ0n) is 9.86. The SMILES string of the molecule is COC[C](C)Cc1cccc2ccccc12. The van der Waals surface area contributed by atoms with Crippen molar-refractivity contribution < 1.29 is 4.74 Å². The smallest absolute Gasteiger partial charge is 0.0525 e. The summed E-state index contributed by atoms with van der Waals surface area (Å²) in [6, 6.07) is 15.0. The maximum atomic E-state index is 5.15. The Morgan fingerprint density at radius 2 is 1.81 bits per heavy atom. The van der Waals surface area contributed by atoms with Gasteiger partial charge in [-0.2, -0.15) is 0 Å². The van der Waals surface area contributed by atoms with E-state index in [9.17, 15) is 0 Å². The number of hydrogen-bond donors (Lipinski definition) is 0. The van der Waals surface area contributed by atoms with Gasteiger partial charge in [0.2, 0.25) is 0 Å². The standard InChI is InChI=1S/C15H17O/c1-12(11-16-2)10-14-8-5-7-13-6-3-4-9-15(13)14/h3-9H,10-11H2,1-2H3. The number of benzene rings is 2. The molecule has 0 fully saturated rings. The molecule has 0 aliphatic heterocycles. The minimum atomic E-state index is 0.739. The molecule has 0 unspecified atom stereocenters. The first-order valence-corrected chi connectivity index (χ1v) is 5.58. The van der Waals surface area contributed by atoms with Gasteiger partial charge < -0.3 is 4.74 Å². The second kappa shape index (κ2) is 5.13. The Bertz CT molecular complexity index is 456. The van der Waals surface area contributed by atoms with E-state index in [0.29, 0.717) is 0 Å². The Kier molecular flexibility index (Phi) is 3.58. The summed E-state index contributed by atoms with van der Waals surface area (Å²) in [6.07, 6.45) is 0.995. The van der Waals surface area contributed by atoms with Crippen LogP contribution in [-0.4, -0.2) is 13.7 Å². The van der Waals surface area contributed by atoms with Crippen LogP contribution in [0, 0.1) is 5.92 Å². The predicted octanol–water partition coefficient (Wildman–Crippen LogP) is 3.62. The van der Waals surface area contributed by atoms with E-state index in [-0.39, 0.29) is 0 Å². The van der Waals surface area contributed by atoms with E-state index in [4.69, 9.17) is 4.74 Å². The first kappa shape index (κ1) is 11.2. The molecular formula is C15H17O. The Hall–Kier alpha value is -1.34. The van der Waals surface area contributed by atoms with E-state index < -0.39 is 0 Å². The van der Waals surface area contributed by atoms with Crippen LogP contribution in [0.3, 0.4) is 0 Å². The van der Waals surface area contributed by atoms with Gasteiger partial charge in [-0.1, -0.05) is 49.4 Å². The highest BCUT2D eigenvalue weighted by atomic mass is 16.5. The van der Waals surface area contributed by atoms with Crippen LogP contribution in [0.1, 0.15) is 12.5 Å². The van der Waals surface area contributed by atoms with Crippen LogP contribution in [0.25, 0.3) is 10.8 Å². The van der Waals surface area contributed by atoms with Gasteiger partial charge in [-0.25, -0.2) is 0 Å². The third-order valence-corrected chi connectivity index (χ3v) is 2.76. The zero-order valence-corrected chi connectivity index (χ0v) is 9.86. The maximum Gasteiger partial charge on any atom is 0.0525 e. The summed E-state index contributed by atoms with van der Waals surface area (Å²) in [5, 5.41) is 2.66. The first-order chi connectivity index (χ1) is 7.81. The third kappa shape index (κ3) is 2.42. The molecule has 0 amide bonds. The molecule has 1 radical (unpaired) electrons. The minimum Gasteiger partial charge on any atom is -0.384 e. The van der Waals surface area contributed by atoms with Crippen molar-refractivity contribution in [2.45, 2.75) is 13.3 Å². The summed E-state index contributed by atoms with van der Waals surface area (Å²) in [4.78, 5) is 0. The number of hydrogen-bond acceptors (Lipinski definition) is 1. The topological polar surface area (TPSA) is 9.23 Å². The van der Waals surface area contributed by atoms with Crippen molar-refractivity contribution >= 4 is 10.8 Å². The largest absolute Gasteiger partial charge is 0.384 e. The summed E-state index contributed by atoms with van der Waals surface area (Å²) in [6.45, 7) is 2.88. The molecule has 0 bridgehead atoms. The highest BCUT2D eigenvalue weighted by Gasteiger charge is 2.06. The molecule has 0 heterocycles. The molecule has 0 aliphatic carbocycles. The van der Waals surface area contributed by atoms with Crippen molar-refractivity contribution in [2.24, 2.45) is 0 Å². The second-order valence-corrected chi connectivity index (χ2v) is 4.21. The molecule has 83 valence electrons. The number of rotatable bonds is 4. The zero-order chi connectivity index (χ0) is 11.4. The number of methoxy groups -OCH3 is 1. The lowest BCUT2D eigenvalue weighted by Crippen LogP contribution is -2.04. The van der Waals surface area contributed by atoms with E-state index >= 15 is 0 Å². The molecule has 0 N–H and O–H groups in total. The molecule has 0 saturated heterocycles. The van der Waals surface area contributed by atoms with Crippen molar-refractivity contribution in [3.63, 3.8) is 0 Å². The molecular weight excluding hydrogens is 196 g/mol. The van der Waals surface area contributed by atoms with Crippen molar-refractivity contribution in [3.05, 3.63) is 53.9 Å².